The van der Waals surface area contributed by atoms with Crippen LogP contribution >= 0.6 is 12.2 Å². The summed E-state index contributed by atoms with van der Waals surface area (Å²) in [6.07, 6.45) is 0. The van der Waals surface area contributed by atoms with Crippen molar-refractivity contribution in [1.82, 2.24) is 0 Å². The first-order valence-electron chi connectivity index (χ1n) is 6.12. The summed E-state index contributed by atoms with van der Waals surface area (Å²) in [5.41, 5.74) is 6.55. The molecule has 0 saturated heterocycles. The Morgan fingerprint density at radius 1 is 1.38 bits per heavy atom. The Balaban J connectivity index is 0. The number of aliphatic hydroxyl groups is 1. The molecule has 0 radical (unpaired) electrons. The number of methoxy groups -OCH3 is 1. The molecule has 0 amide bonds. The van der Waals surface area contributed by atoms with E-state index in [1.54, 1.807) is 6.07 Å². The largest absolute Gasteiger partial charge is 0.494 e. The van der Waals surface area contributed by atoms with Gasteiger partial charge in [0, 0.05) is 7.11 Å². The first-order chi connectivity index (χ1) is 10.1. The van der Waals surface area contributed by atoms with Crippen LogP contribution in [0.5, 0.6) is 11.5 Å². The van der Waals surface area contributed by atoms with Crippen LogP contribution in [0.2, 0.25) is 0 Å². The molecular weight excluding hydrogens is 294 g/mol. The number of carbonyl (C=O) groups is 1. The van der Waals surface area contributed by atoms with Crippen molar-refractivity contribution < 1.29 is 24.1 Å². The van der Waals surface area contributed by atoms with Crippen LogP contribution < -0.4 is 15.2 Å². The van der Waals surface area contributed by atoms with Crippen LogP contribution in [0.3, 0.4) is 0 Å². The summed E-state index contributed by atoms with van der Waals surface area (Å²) in [5.74, 6) is 1.06. The van der Waals surface area contributed by atoms with Crippen molar-refractivity contribution in [2.45, 2.75) is 13.8 Å². The Kier molecular flexibility index (Phi) is 14.9. The molecule has 0 aliphatic heterocycles. The number of hydrogen-bond donors (Lipinski definition) is 2. The summed E-state index contributed by atoms with van der Waals surface area (Å²) < 4.78 is 15.1. The van der Waals surface area contributed by atoms with Crippen LogP contribution in [0, 0.1) is 6.92 Å². The highest BCUT2D eigenvalue weighted by atomic mass is 32.1. The van der Waals surface area contributed by atoms with Crippen molar-refractivity contribution in [3.05, 3.63) is 23.8 Å². The number of hydrogen-bond acceptors (Lipinski definition) is 6. The highest BCUT2D eigenvalue weighted by Gasteiger charge is 2.05. The third kappa shape index (κ3) is 10.6. The van der Waals surface area contributed by atoms with E-state index in [1.165, 1.54) is 7.11 Å². The van der Waals surface area contributed by atoms with Gasteiger partial charge < -0.3 is 25.1 Å². The Morgan fingerprint density at radius 3 is 2.38 bits per heavy atom. The lowest BCUT2D eigenvalue weighted by Gasteiger charge is -2.09. The van der Waals surface area contributed by atoms with Crippen molar-refractivity contribution in [3.8, 4) is 11.5 Å². The molecule has 0 aliphatic carbocycles. The van der Waals surface area contributed by atoms with Gasteiger partial charge in [0.2, 0.25) is 0 Å². The number of rotatable bonds is 5. The van der Waals surface area contributed by atoms with Gasteiger partial charge in [-0.3, -0.25) is 0 Å². The summed E-state index contributed by atoms with van der Waals surface area (Å²) in [6, 6.07) is 5.46. The summed E-state index contributed by atoms with van der Waals surface area (Å²) in [5, 5.41) is 7.00. The first kappa shape index (κ1) is 21.4. The first-order valence-corrected chi connectivity index (χ1v) is 6.59. The smallest absolute Gasteiger partial charge is 0.343 e. The average Bonchev–Trinajstić information content (AvgIpc) is 2.49. The zero-order valence-corrected chi connectivity index (χ0v) is 13.6. The van der Waals surface area contributed by atoms with Crippen LogP contribution in [0.25, 0.3) is 0 Å². The van der Waals surface area contributed by atoms with Gasteiger partial charge in [0.15, 0.2) is 6.61 Å². The second-order valence-electron chi connectivity index (χ2n) is 3.36. The average molecular weight is 317 g/mol. The van der Waals surface area contributed by atoms with Gasteiger partial charge in [-0.25, -0.2) is 4.79 Å². The number of nitrogens with two attached hydrogens (primary N) is 1. The van der Waals surface area contributed by atoms with Crippen molar-refractivity contribution in [3.63, 3.8) is 0 Å². The highest BCUT2D eigenvalue weighted by molar-refractivity contribution is 7.78. The molecule has 120 valence electrons. The molecule has 0 spiro atoms. The summed E-state index contributed by atoms with van der Waals surface area (Å²) in [7, 11) is 2.33. The molecule has 0 fully saturated rings. The van der Waals surface area contributed by atoms with E-state index in [1.807, 2.05) is 26.0 Å². The van der Waals surface area contributed by atoms with Gasteiger partial charge in [-0.1, -0.05) is 12.2 Å². The van der Waals surface area contributed by atoms with E-state index in [4.69, 9.17) is 14.6 Å². The van der Waals surface area contributed by atoms with Crippen LogP contribution in [0.15, 0.2) is 18.2 Å². The number of ether oxygens (including phenoxy) is 3. The van der Waals surface area contributed by atoms with E-state index in [-0.39, 0.29) is 6.61 Å². The van der Waals surface area contributed by atoms with Crippen molar-refractivity contribution >= 4 is 23.7 Å². The van der Waals surface area contributed by atoms with E-state index in [2.05, 4.69) is 22.7 Å². The van der Waals surface area contributed by atoms with E-state index >= 15 is 0 Å². The molecule has 0 atom stereocenters. The topological polar surface area (TPSA) is 91.0 Å². The highest BCUT2D eigenvalue weighted by Crippen LogP contribution is 2.23. The van der Waals surface area contributed by atoms with Crippen molar-refractivity contribution in [2.75, 3.05) is 27.4 Å². The fourth-order valence-corrected chi connectivity index (χ4v) is 1.24. The summed E-state index contributed by atoms with van der Waals surface area (Å²) in [4.78, 5) is 10.9. The Morgan fingerprint density at radius 2 is 1.95 bits per heavy atom. The lowest BCUT2D eigenvalue weighted by molar-refractivity contribution is -0.142. The van der Waals surface area contributed by atoms with Crippen molar-refractivity contribution in [1.29, 1.82) is 0 Å². The number of aryl methyl sites for hydroxylation is 1. The van der Waals surface area contributed by atoms with E-state index in [0.29, 0.717) is 12.4 Å². The minimum absolute atomic E-state index is 0.0781. The molecule has 0 aliphatic rings. The fourth-order valence-electron chi connectivity index (χ4n) is 1.24. The van der Waals surface area contributed by atoms with Gasteiger partial charge in [-0.05, 0) is 37.6 Å². The molecule has 7 heteroatoms. The predicted octanol–water partition coefficient (Wildman–Crippen LogP) is 1.46. The molecule has 6 nitrogen and oxygen atoms in total. The number of esters is 1. The lowest BCUT2D eigenvalue weighted by atomic mass is 10.2. The molecule has 0 heterocycles. The Bertz CT molecular complexity index is 412. The van der Waals surface area contributed by atoms with Crippen LogP contribution in [-0.2, 0) is 9.53 Å². The maximum Gasteiger partial charge on any atom is 0.343 e. The maximum atomic E-state index is 10.9. The second-order valence-corrected chi connectivity index (χ2v) is 3.63. The molecular formula is C14H23NO5S. The van der Waals surface area contributed by atoms with Crippen LogP contribution in [0.4, 0.5) is 0 Å². The van der Waals surface area contributed by atoms with E-state index in [9.17, 15) is 4.79 Å². The third-order valence-electron chi connectivity index (χ3n) is 2.03. The number of benzene rings is 1. The van der Waals surface area contributed by atoms with Gasteiger partial charge in [0.1, 0.15) is 11.5 Å². The Labute approximate surface area is 130 Å². The Hall–Kier alpha value is -1.86. The van der Waals surface area contributed by atoms with Crippen LogP contribution in [0.1, 0.15) is 12.5 Å². The molecule has 1 rings (SSSR count). The fraction of sp³-hybridized carbons (Fsp3) is 0.429. The van der Waals surface area contributed by atoms with Crippen molar-refractivity contribution in [2.24, 2.45) is 5.73 Å². The zero-order valence-electron chi connectivity index (χ0n) is 12.8. The third-order valence-corrected chi connectivity index (χ3v) is 2.03. The minimum atomic E-state index is -0.395. The molecule has 3 N–H and O–H groups in total. The molecule has 1 aromatic rings. The van der Waals surface area contributed by atoms with E-state index in [0.717, 1.165) is 23.9 Å². The van der Waals surface area contributed by atoms with Gasteiger partial charge in [0.25, 0.3) is 0 Å². The minimum Gasteiger partial charge on any atom is -0.494 e. The van der Waals surface area contributed by atoms with Gasteiger partial charge in [0.05, 0.1) is 19.2 Å². The summed E-state index contributed by atoms with van der Waals surface area (Å²) in [6.45, 7) is 4.37. The molecule has 0 unspecified atom stereocenters. The molecule has 0 aromatic heterocycles. The quantitative estimate of drug-likeness (QED) is 0.627. The monoisotopic (exact) mass is 317 g/mol. The van der Waals surface area contributed by atoms with Gasteiger partial charge >= 0.3 is 5.97 Å². The normalized spacial score (nSPS) is 8.24. The second kappa shape index (κ2) is 14.5. The predicted molar refractivity (Wildman–Crippen MR) is 85.8 cm³/mol. The van der Waals surface area contributed by atoms with Crippen LogP contribution in [-0.4, -0.2) is 44.0 Å². The lowest BCUT2D eigenvalue weighted by Crippen LogP contribution is -2.13. The molecule has 0 bridgehead atoms. The SMILES string of the molecule is CCOc1ccc(OCC(=O)OC)c(C)c1.CO.NC=S. The van der Waals surface area contributed by atoms with E-state index < -0.39 is 5.97 Å². The number of aliphatic hydroxyl groups excluding tert-OH is 1. The number of thiocarbonyl (C=S) groups is 1. The number of carbonyl (C=O) groups excluding carboxylic acids is 1. The molecule has 0 saturated carbocycles. The van der Waals surface area contributed by atoms with Gasteiger partial charge in [-0.15, -0.1) is 0 Å². The summed E-state index contributed by atoms with van der Waals surface area (Å²) >= 11 is 4.05. The van der Waals surface area contributed by atoms with Gasteiger partial charge in [-0.2, -0.15) is 0 Å². The molecule has 21 heavy (non-hydrogen) atoms. The zero-order chi connectivity index (χ0) is 16.7. The standard InChI is InChI=1S/C12H16O4.CH3NS.CH4O/c1-4-15-10-5-6-11(9(2)7-10)16-8-12(13)14-3;2-1-3;1-2/h5-7H,4,8H2,1-3H3;1H,(H2,2,3);2H,1H3. The maximum absolute atomic E-state index is 10.9. The molecule has 1 aromatic carbocycles.